The van der Waals surface area contributed by atoms with Crippen molar-refractivity contribution in [1.29, 1.82) is 0 Å². The molecule has 25 heavy (non-hydrogen) atoms. The normalized spacial score (nSPS) is 49.6. The monoisotopic (exact) mass is 345 g/mol. The van der Waals surface area contributed by atoms with Gasteiger partial charge < -0.3 is 15.4 Å². The summed E-state index contributed by atoms with van der Waals surface area (Å²) in [7, 11) is 0. The van der Waals surface area contributed by atoms with E-state index in [1.807, 2.05) is 6.92 Å². The Morgan fingerprint density at radius 1 is 1.16 bits per heavy atom. The van der Waals surface area contributed by atoms with Gasteiger partial charge in [0, 0.05) is 11.8 Å². The number of oxime groups is 1. The summed E-state index contributed by atoms with van der Waals surface area (Å²) >= 11 is 0. The second-order valence-corrected chi connectivity index (χ2v) is 9.23. The lowest BCUT2D eigenvalue weighted by Gasteiger charge is -2.59. The minimum absolute atomic E-state index is 0.0817. The van der Waals surface area contributed by atoms with Crippen molar-refractivity contribution in [3.05, 3.63) is 23.3 Å². The van der Waals surface area contributed by atoms with Crippen LogP contribution in [0.2, 0.25) is 0 Å². The first-order valence-corrected chi connectivity index (χ1v) is 9.77. The van der Waals surface area contributed by atoms with E-state index in [1.54, 1.807) is 0 Å². The molecule has 0 saturated heterocycles. The Kier molecular flexibility index (Phi) is 3.93. The molecule has 0 aliphatic heterocycles. The van der Waals surface area contributed by atoms with Gasteiger partial charge in [-0.3, -0.25) is 0 Å². The zero-order valence-electron chi connectivity index (χ0n) is 15.6. The van der Waals surface area contributed by atoms with E-state index in [4.69, 9.17) is 0 Å². The van der Waals surface area contributed by atoms with Gasteiger partial charge in [-0.25, -0.2) is 0 Å². The zero-order chi connectivity index (χ0) is 18.0. The molecule has 4 rings (SSSR count). The van der Waals surface area contributed by atoms with Gasteiger partial charge in [0.2, 0.25) is 0 Å². The van der Waals surface area contributed by atoms with E-state index in [9.17, 15) is 15.4 Å². The predicted octanol–water partition coefficient (Wildman–Crippen LogP) is 3.67. The summed E-state index contributed by atoms with van der Waals surface area (Å²) in [6.45, 7) is 6.47. The molecule has 2 saturated carbocycles. The fourth-order valence-electron chi connectivity index (χ4n) is 6.88. The van der Waals surface area contributed by atoms with Gasteiger partial charge in [-0.05, 0) is 67.8 Å². The van der Waals surface area contributed by atoms with Crippen LogP contribution in [-0.2, 0) is 0 Å². The van der Waals surface area contributed by atoms with Gasteiger partial charge in [-0.15, -0.1) is 0 Å². The van der Waals surface area contributed by atoms with E-state index in [1.165, 1.54) is 11.1 Å². The SMILES string of the molecule is C/C(=N/O)C1=CC[C@H]2[C@H]3CC=C4C[C@@H](O)C[C@@H](O)[C@]4(C)[C@@H]3CC[C@@]12C. The second-order valence-electron chi connectivity index (χ2n) is 9.23. The van der Waals surface area contributed by atoms with Crippen LogP contribution in [0.25, 0.3) is 0 Å². The Morgan fingerprint density at radius 2 is 1.92 bits per heavy atom. The summed E-state index contributed by atoms with van der Waals surface area (Å²) in [6, 6.07) is 0. The fourth-order valence-corrected chi connectivity index (χ4v) is 6.88. The van der Waals surface area contributed by atoms with Crippen LogP contribution < -0.4 is 0 Å². The third kappa shape index (κ3) is 2.23. The topological polar surface area (TPSA) is 73.1 Å². The number of aliphatic hydroxyl groups excluding tert-OH is 2. The highest BCUT2D eigenvalue weighted by molar-refractivity contribution is 5.99. The number of hydrogen-bond donors (Lipinski definition) is 3. The first kappa shape index (κ1) is 17.3. The van der Waals surface area contributed by atoms with Gasteiger partial charge in [0.15, 0.2) is 0 Å². The molecule has 4 heteroatoms. The maximum Gasteiger partial charge on any atom is 0.0799 e. The molecule has 0 heterocycles. The molecule has 0 aromatic rings. The smallest absolute Gasteiger partial charge is 0.0799 e. The van der Waals surface area contributed by atoms with Gasteiger partial charge in [0.25, 0.3) is 0 Å². The van der Waals surface area contributed by atoms with Gasteiger partial charge in [-0.2, -0.15) is 0 Å². The maximum atomic E-state index is 10.9. The van der Waals surface area contributed by atoms with Crippen molar-refractivity contribution in [2.45, 2.75) is 71.5 Å². The molecule has 3 N–H and O–H groups in total. The van der Waals surface area contributed by atoms with E-state index in [-0.39, 0.29) is 10.8 Å². The summed E-state index contributed by atoms with van der Waals surface area (Å²) in [5.41, 5.74) is 3.15. The molecule has 0 unspecified atom stereocenters. The molecule has 2 fully saturated rings. The third-order valence-corrected chi connectivity index (χ3v) is 8.30. The minimum atomic E-state index is -0.450. The summed E-state index contributed by atoms with van der Waals surface area (Å²) in [5, 5.41) is 33.7. The first-order chi connectivity index (χ1) is 11.8. The fraction of sp³-hybridized carbons (Fsp3) is 0.762. The number of fused-ring (bicyclic) bond motifs is 5. The van der Waals surface area contributed by atoms with Crippen LogP contribution in [0.15, 0.2) is 28.5 Å². The molecular weight excluding hydrogens is 314 g/mol. The largest absolute Gasteiger partial charge is 0.411 e. The molecule has 4 aliphatic carbocycles. The van der Waals surface area contributed by atoms with Crippen molar-refractivity contribution in [3.63, 3.8) is 0 Å². The van der Waals surface area contributed by atoms with Crippen molar-refractivity contribution in [1.82, 2.24) is 0 Å². The minimum Gasteiger partial charge on any atom is -0.411 e. The Balaban J connectivity index is 1.69. The van der Waals surface area contributed by atoms with Crippen molar-refractivity contribution in [3.8, 4) is 0 Å². The van der Waals surface area contributed by atoms with E-state index in [0.717, 1.165) is 37.8 Å². The maximum absolute atomic E-state index is 10.9. The summed E-state index contributed by atoms with van der Waals surface area (Å²) < 4.78 is 0. The zero-order valence-corrected chi connectivity index (χ0v) is 15.6. The summed E-state index contributed by atoms with van der Waals surface area (Å²) in [6.07, 6.45) is 9.23. The molecule has 0 amide bonds. The van der Waals surface area contributed by atoms with E-state index >= 15 is 0 Å². The highest BCUT2D eigenvalue weighted by Crippen LogP contribution is 2.65. The number of aliphatic hydroxyl groups is 2. The molecule has 0 aromatic heterocycles. The molecule has 4 nitrogen and oxygen atoms in total. The van der Waals surface area contributed by atoms with Crippen LogP contribution >= 0.6 is 0 Å². The summed E-state index contributed by atoms with van der Waals surface area (Å²) in [4.78, 5) is 0. The lowest BCUT2D eigenvalue weighted by Crippen LogP contribution is -2.55. The molecule has 138 valence electrons. The van der Waals surface area contributed by atoms with Crippen LogP contribution in [-0.4, -0.2) is 33.3 Å². The molecular formula is C21H31NO3. The second kappa shape index (κ2) is 5.68. The standard InChI is InChI=1S/C21H31NO3/c1-12(22-25)16-6-7-17-15-5-4-13-10-14(23)11-19(24)21(13,3)18(15)8-9-20(16,17)2/h4,6,14-15,17-19,23-25H,5,7-11H2,1-3H3/b22-12-/t14-,15-,17+,18-,19-,20+,21+/m1/s1. The number of rotatable bonds is 1. The Labute approximate surface area is 150 Å². The van der Waals surface area contributed by atoms with Crippen molar-refractivity contribution < 1.29 is 15.4 Å². The Bertz CT molecular complexity index is 666. The van der Waals surface area contributed by atoms with Crippen LogP contribution in [0.1, 0.15) is 59.3 Å². The molecule has 0 radical (unpaired) electrons. The third-order valence-electron chi connectivity index (χ3n) is 8.30. The van der Waals surface area contributed by atoms with Crippen molar-refractivity contribution in [2.24, 2.45) is 33.7 Å². The number of allylic oxidation sites excluding steroid dienone is 3. The first-order valence-electron chi connectivity index (χ1n) is 9.77. The van der Waals surface area contributed by atoms with E-state index in [2.05, 4.69) is 31.2 Å². The summed E-state index contributed by atoms with van der Waals surface area (Å²) in [5.74, 6) is 1.58. The Morgan fingerprint density at radius 3 is 2.64 bits per heavy atom. The van der Waals surface area contributed by atoms with Crippen LogP contribution in [0, 0.1) is 28.6 Å². The van der Waals surface area contributed by atoms with Gasteiger partial charge >= 0.3 is 0 Å². The van der Waals surface area contributed by atoms with Crippen LogP contribution in [0.5, 0.6) is 0 Å². The van der Waals surface area contributed by atoms with Gasteiger partial charge in [0.05, 0.1) is 17.9 Å². The van der Waals surface area contributed by atoms with Crippen LogP contribution in [0.4, 0.5) is 0 Å². The molecule has 0 spiro atoms. The van der Waals surface area contributed by atoms with Gasteiger partial charge in [0.1, 0.15) is 0 Å². The van der Waals surface area contributed by atoms with Gasteiger partial charge in [-0.1, -0.05) is 36.7 Å². The Hall–Kier alpha value is -1.13. The lowest BCUT2D eigenvalue weighted by atomic mass is 9.46. The van der Waals surface area contributed by atoms with E-state index in [0.29, 0.717) is 24.2 Å². The van der Waals surface area contributed by atoms with Crippen molar-refractivity contribution >= 4 is 5.71 Å². The lowest BCUT2D eigenvalue weighted by molar-refractivity contribution is -0.0959. The average molecular weight is 345 g/mol. The highest BCUT2D eigenvalue weighted by Gasteiger charge is 2.59. The average Bonchev–Trinajstić information content (AvgIpc) is 2.93. The number of hydrogen-bond acceptors (Lipinski definition) is 4. The van der Waals surface area contributed by atoms with Crippen LogP contribution in [0.3, 0.4) is 0 Å². The highest BCUT2D eigenvalue weighted by atomic mass is 16.4. The number of nitrogens with zero attached hydrogens (tertiary/aromatic N) is 1. The predicted molar refractivity (Wildman–Crippen MR) is 97.5 cm³/mol. The molecule has 0 aromatic carbocycles. The van der Waals surface area contributed by atoms with Crippen molar-refractivity contribution in [2.75, 3.05) is 0 Å². The quantitative estimate of drug-likeness (QED) is 0.294. The molecule has 0 bridgehead atoms. The molecule has 7 atom stereocenters. The molecule has 4 aliphatic rings. The van der Waals surface area contributed by atoms with E-state index < -0.39 is 12.2 Å².